The van der Waals surface area contributed by atoms with Gasteiger partial charge >= 0.3 is 5.97 Å². The van der Waals surface area contributed by atoms with Gasteiger partial charge in [0.15, 0.2) is 17.3 Å². The van der Waals surface area contributed by atoms with Crippen LogP contribution < -0.4 is 4.74 Å². The van der Waals surface area contributed by atoms with E-state index in [4.69, 9.17) is 13.9 Å². The third kappa shape index (κ3) is 3.31. The summed E-state index contributed by atoms with van der Waals surface area (Å²) < 4.78 is 15.2. The number of carbonyl (C=O) groups is 1. The molecule has 2 aromatic rings. The second-order valence-corrected chi connectivity index (χ2v) is 3.41. The van der Waals surface area contributed by atoms with Gasteiger partial charge in [-0.1, -0.05) is 0 Å². The number of carbonyl (C=O) groups excluding carboxylic acids is 1. The zero-order valence-electron chi connectivity index (χ0n) is 9.83. The first kappa shape index (κ1) is 12.1. The highest BCUT2D eigenvalue weighted by Gasteiger charge is 2.04. The fourth-order valence-corrected chi connectivity index (χ4v) is 1.27. The lowest BCUT2D eigenvalue weighted by Crippen LogP contribution is -2.09. The minimum Gasteiger partial charge on any atom is -0.487 e. The monoisotopic (exact) mass is 248 g/mol. The van der Waals surface area contributed by atoms with Gasteiger partial charge in [-0.2, -0.15) is 0 Å². The number of nitrogens with zero attached hydrogens (tertiary/aromatic N) is 2. The highest BCUT2D eigenvalue weighted by molar-refractivity contribution is 5.65. The molecule has 0 fully saturated rings. The lowest BCUT2D eigenvalue weighted by molar-refractivity contribution is -0.141. The van der Waals surface area contributed by atoms with E-state index in [2.05, 4.69) is 9.97 Å². The summed E-state index contributed by atoms with van der Waals surface area (Å²) in [6, 6.07) is 3.54. The van der Waals surface area contributed by atoms with Crippen molar-refractivity contribution in [2.75, 3.05) is 13.2 Å². The van der Waals surface area contributed by atoms with Crippen molar-refractivity contribution in [3.8, 4) is 17.3 Å². The Hall–Kier alpha value is -2.37. The molecule has 0 aliphatic carbocycles. The first-order chi connectivity index (χ1) is 8.75. The Kier molecular flexibility index (Phi) is 3.90. The highest BCUT2D eigenvalue weighted by atomic mass is 16.6. The van der Waals surface area contributed by atoms with Crippen LogP contribution in [0.3, 0.4) is 0 Å². The molecule has 0 amide bonds. The maximum Gasteiger partial charge on any atom is 0.302 e. The molecule has 2 heterocycles. The average Bonchev–Trinajstić information content (AvgIpc) is 2.89. The van der Waals surface area contributed by atoms with Crippen molar-refractivity contribution in [1.29, 1.82) is 0 Å². The molecule has 0 bridgehead atoms. The van der Waals surface area contributed by atoms with E-state index in [9.17, 15) is 4.79 Å². The predicted molar refractivity (Wildman–Crippen MR) is 61.9 cm³/mol. The summed E-state index contributed by atoms with van der Waals surface area (Å²) in [4.78, 5) is 18.7. The Morgan fingerprint density at radius 3 is 2.72 bits per heavy atom. The van der Waals surface area contributed by atoms with Crippen LogP contribution in [0.15, 0.2) is 35.2 Å². The van der Waals surface area contributed by atoms with Gasteiger partial charge in [-0.05, 0) is 12.1 Å². The molecular formula is C12H12N2O4. The Balaban J connectivity index is 1.86. The van der Waals surface area contributed by atoms with Gasteiger partial charge in [-0.15, -0.1) is 0 Å². The second-order valence-electron chi connectivity index (χ2n) is 3.41. The molecule has 0 saturated carbocycles. The van der Waals surface area contributed by atoms with E-state index in [1.807, 2.05) is 0 Å². The van der Waals surface area contributed by atoms with E-state index in [0.29, 0.717) is 17.3 Å². The maximum atomic E-state index is 10.5. The van der Waals surface area contributed by atoms with E-state index < -0.39 is 0 Å². The van der Waals surface area contributed by atoms with Gasteiger partial charge in [0, 0.05) is 6.92 Å². The van der Waals surface area contributed by atoms with Crippen LogP contribution in [0.5, 0.6) is 5.75 Å². The average molecular weight is 248 g/mol. The standard InChI is InChI=1S/C12H12N2O4/c1-9(15)16-5-6-17-10-7-13-12(14-8-10)11-3-2-4-18-11/h2-4,7-8H,5-6H2,1H3. The Labute approximate surface area is 104 Å². The minimum atomic E-state index is -0.331. The van der Waals surface area contributed by atoms with Crippen molar-refractivity contribution in [2.45, 2.75) is 6.92 Å². The summed E-state index contributed by atoms with van der Waals surface area (Å²) in [6.07, 6.45) is 4.64. The van der Waals surface area contributed by atoms with E-state index in [-0.39, 0.29) is 19.2 Å². The molecule has 18 heavy (non-hydrogen) atoms. The first-order valence-electron chi connectivity index (χ1n) is 5.38. The fourth-order valence-electron chi connectivity index (χ4n) is 1.27. The summed E-state index contributed by atoms with van der Waals surface area (Å²) in [5, 5.41) is 0. The molecule has 2 rings (SSSR count). The minimum absolute atomic E-state index is 0.204. The zero-order valence-corrected chi connectivity index (χ0v) is 9.83. The number of ether oxygens (including phenoxy) is 2. The van der Waals surface area contributed by atoms with Gasteiger partial charge in [-0.3, -0.25) is 4.79 Å². The number of hydrogen-bond donors (Lipinski definition) is 0. The van der Waals surface area contributed by atoms with E-state index in [1.54, 1.807) is 30.8 Å². The molecule has 6 heteroatoms. The lowest BCUT2D eigenvalue weighted by atomic mass is 10.4. The van der Waals surface area contributed by atoms with Crippen LogP contribution in [0.2, 0.25) is 0 Å². The Morgan fingerprint density at radius 1 is 1.33 bits per heavy atom. The largest absolute Gasteiger partial charge is 0.487 e. The molecule has 0 spiro atoms. The van der Waals surface area contributed by atoms with Crippen LogP contribution in [-0.2, 0) is 9.53 Å². The third-order valence-electron chi connectivity index (χ3n) is 2.03. The van der Waals surface area contributed by atoms with Crippen LogP contribution in [0, 0.1) is 0 Å². The molecule has 0 aliphatic heterocycles. The predicted octanol–water partition coefficient (Wildman–Crippen LogP) is 1.68. The van der Waals surface area contributed by atoms with Crippen LogP contribution in [-0.4, -0.2) is 29.2 Å². The SMILES string of the molecule is CC(=O)OCCOc1cnc(-c2ccco2)nc1. The third-order valence-corrected chi connectivity index (χ3v) is 2.03. The molecule has 2 aromatic heterocycles. The Morgan fingerprint density at radius 2 is 2.11 bits per heavy atom. The normalized spacial score (nSPS) is 10.1. The topological polar surface area (TPSA) is 74.5 Å². The van der Waals surface area contributed by atoms with Crippen LogP contribution in [0.1, 0.15) is 6.92 Å². The summed E-state index contributed by atoms with van der Waals surface area (Å²) in [6.45, 7) is 1.82. The maximum absolute atomic E-state index is 10.5. The highest BCUT2D eigenvalue weighted by Crippen LogP contribution is 2.16. The summed E-state index contributed by atoms with van der Waals surface area (Å²) in [5.74, 6) is 1.27. The van der Waals surface area contributed by atoms with Crippen LogP contribution in [0.4, 0.5) is 0 Å². The second kappa shape index (κ2) is 5.81. The van der Waals surface area contributed by atoms with Gasteiger partial charge in [0.05, 0.1) is 18.7 Å². The molecule has 0 aliphatic rings. The molecule has 0 radical (unpaired) electrons. The number of rotatable bonds is 5. The van der Waals surface area contributed by atoms with Gasteiger partial charge in [0.1, 0.15) is 13.2 Å². The van der Waals surface area contributed by atoms with Crippen molar-refractivity contribution in [1.82, 2.24) is 9.97 Å². The number of aromatic nitrogens is 2. The number of hydrogen-bond acceptors (Lipinski definition) is 6. The molecule has 0 saturated heterocycles. The zero-order chi connectivity index (χ0) is 12.8. The van der Waals surface area contributed by atoms with E-state index in [1.165, 1.54) is 6.92 Å². The van der Waals surface area contributed by atoms with Crippen LogP contribution in [0.25, 0.3) is 11.6 Å². The lowest BCUT2D eigenvalue weighted by Gasteiger charge is -2.05. The van der Waals surface area contributed by atoms with Gasteiger partial charge in [0.25, 0.3) is 0 Å². The molecule has 0 unspecified atom stereocenters. The van der Waals surface area contributed by atoms with Crippen molar-refractivity contribution in [2.24, 2.45) is 0 Å². The number of esters is 1. The van der Waals surface area contributed by atoms with Crippen molar-refractivity contribution >= 4 is 5.97 Å². The molecule has 6 nitrogen and oxygen atoms in total. The quantitative estimate of drug-likeness (QED) is 0.592. The summed E-state index contributed by atoms with van der Waals surface area (Å²) in [5.41, 5.74) is 0. The molecule has 0 N–H and O–H groups in total. The van der Waals surface area contributed by atoms with Gasteiger partial charge in [0.2, 0.25) is 0 Å². The van der Waals surface area contributed by atoms with Crippen LogP contribution >= 0.6 is 0 Å². The fraction of sp³-hybridized carbons (Fsp3) is 0.250. The molecular weight excluding hydrogens is 236 g/mol. The summed E-state index contributed by atoms with van der Waals surface area (Å²) >= 11 is 0. The van der Waals surface area contributed by atoms with Crippen molar-refractivity contribution < 1.29 is 18.7 Å². The Bertz CT molecular complexity index is 493. The van der Waals surface area contributed by atoms with E-state index in [0.717, 1.165) is 0 Å². The van der Waals surface area contributed by atoms with Gasteiger partial charge < -0.3 is 13.9 Å². The van der Waals surface area contributed by atoms with Crippen molar-refractivity contribution in [3.05, 3.63) is 30.8 Å². The molecule has 0 aromatic carbocycles. The smallest absolute Gasteiger partial charge is 0.302 e. The summed E-state index contributed by atoms with van der Waals surface area (Å²) in [7, 11) is 0. The van der Waals surface area contributed by atoms with E-state index >= 15 is 0 Å². The number of furan rings is 1. The van der Waals surface area contributed by atoms with Crippen molar-refractivity contribution in [3.63, 3.8) is 0 Å². The first-order valence-corrected chi connectivity index (χ1v) is 5.38. The van der Waals surface area contributed by atoms with Gasteiger partial charge in [-0.25, -0.2) is 9.97 Å². The molecule has 94 valence electrons. The molecule has 0 atom stereocenters.